The zero-order valence-corrected chi connectivity index (χ0v) is 16.0. The van der Waals surface area contributed by atoms with Crippen molar-refractivity contribution in [3.05, 3.63) is 58.1 Å². The molecule has 26 heavy (non-hydrogen) atoms. The highest BCUT2D eigenvalue weighted by Crippen LogP contribution is 2.27. The molecule has 0 aliphatic heterocycles. The van der Waals surface area contributed by atoms with Gasteiger partial charge in [0.2, 0.25) is 5.91 Å². The van der Waals surface area contributed by atoms with Gasteiger partial charge >= 0.3 is 0 Å². The van der Waals surface area contributed by atoms with Crippen LogP contribution in [0.3, 0.4) is 0 Å². The highest BCUT2D eigenvalue weighted by molar-refractivity contribution is 6.35. The number of benzene rings is 2. The molecule has 0 fully saturated rings. The Labute approximate surface area is 162 Å². The summed E-state index contributed by atoms with van der Waals surface area (Å²) in [5.74, 6) is 0.0823. The lowest BCUT2D eigenvalue weighted by Gasteiger charge is -2.15. The highest BCUT2D eigenvalue weighted by atomic mass is 35.5. The third-order valence-corrected chi connectivity index (χ3v) is 4.18. The summed E-state index contributed by atoms with van der Waals surface area (Å²) in [6.45, 7) is 3.50. The van der Waals surface area contributed by atoms with Crippen molar-refractivity contribution in [3.63, 3.8) is 0 Å². The molecule has 7 heteroatoms. The SMILES string of the molecule is CCC(=O)Nc1ccc(C(C)NC(=O)COc2ccc(Cl)cc2Cl)cc1. The Morgan fingerprint density at radius 3 is 2.38 bits per heavy atom. The Balaban J connectivity index is 1.87. The molecule has 0 radical (unpaired) electrons. The van der Waals surface area contributed by atoms with Gasteiger partial charge in [-0.1, -0.05) is 42.3 Å². The molecule has 0 heterocycles. The summed E-state index contributed by atoms with van der Waals surface area (Å²) in [4.78, 5) is 23.4. The Hall–Kier alpha value is -2.24. The molecule has 0 saturated carbocycles. The maximum Gasteiger partial charge on any atom is 0.258 e. The summed E-state index contributed by atoms with van der Waals surface area (Å²) in [7, 11) is 0. The maximum absolute atomic E-state index is 12.1. The standard InChI is InChI=1S/C19H20Cl2N2O3/c1-3-18(24)23-15-7-4-13(5-8-15)12(2)22-19(25)11-26-17-9-6-14(20)10-16(17)21/h4-10,12H,3,11H2,1-2H3,(H,22,25)(H,23,24). The second-order valence-electron chi connectivity index (χ2n) is 5.68. The number of rotatable bonds is 7. The van der Waals surface area contributed by atoms with E-state index < -0.39 is 0 Å². The van der Waals surface area contributed by atoms with E-state index in [0.29, 0.717) is 22.2 Å². The lowest BCUT2D eigenvalue weighted by atomic mass is 10.1. The first-order valence-electron chi connectivity index (χ1n) is 8.16. The van der Waals surface area contributed by atoms with Crippen molar-refractivity contribution in [2.45, 2.75) is 26.3 Å². The zero-order chi connectivity index (χ0) is 19.1. The number of anilines is 1. The van der Waals surface area contributed by atoms with Gasteiger partial charge in [-0.3, -0.25) is 9.59 Å². The van der Waals surface area contributed by atoms with E-state index in [0.717, 1.165) is 11.3 Å². The third-order valence-electron chi connectivity index (χ3n) is 3.65. The second kappa shape index (κ2) is 9.46. The molecule has 1 atom stereocenters. The first kappa shape index (κ1) is 20.1. The van der Waals surface area contributed by atoms with Crippen LogP contribution in [0.1, 0.15) is 31.9 Å². The molecule has 2 aromatic rings. The van der Waals surface area contributed by atoms with Gasteiger partial charge in [0.15, 0.2) is 6.61 Å². The van der Waals surface area contributed by atoms with Crippen molar-refractivity contribution >= 4 is 40.7 Å². The summed E-state index contributed by atoms with van der Waals surface area (Å²) in [5.41, 5.74) is 1.64. The average Bonchev–Trinajstić information content (AvgIpc) is 2.61. The van der Waals surface area contributed by atoms with Crippen LogP contribution in [-0.2, 0) is 9.59 Å². The summed E-state index contributed by atoms with van der Waals surface area (Å²) in [6.07, 6.45) is 0.422. The minimum absolute atomic E-state index is 0.0443. The van der Waals surface area contributed by atoms with Gasteiger partial charge in [-0.25, -0.2) is 0 Å². The number of halogens is 2. The number of hydrogen-bond acceptors (Lipinski definition) is 3. The van der Waals surface area contributed by atoms with Crippen LogP contribution in [0, 0.1) is 0 Å². The third kappa shape index (κ3) is 5.93. The molecule has 2 aromatic carbocycles. The fraction of sp³-hybridized carbons (Fsp3) is 0.263. The van der Waals surface area contributed by atoms with Gasteiger partial charge in [-0.05, 0) is 42.8 Å². The van der Waals surface area contributed by atoms with Crippen molar-refractivity contribution < 1.29 is 14.3 Å². The predicted molar refractivity (Wildman–Crippen MR) is 104 cm³/mol. The lowest BCUT2D eigenvalue weighted by Crippen LogP contribution is -2.31. The van der Waals surface area contributed by atoms with E-state index in [-0.39, 0.29) is 24.5 Å². The van der Waals surface area contributed by atoms with Gasteiger partial charge in [-0.2, -0.15) is 0 Å². The van der Waals surface area contributed by atoms with E-state index in [1.54, 1.807) is 37.3 Å². The largest absolute Gasteiger partial charge is 0.482 e. The van der Waals surface area contributed by atoms with Gasteiger partial charge in [0.25, 0.3) is 5.91 Å². The molecule has 0 aromatic heterocycles. The van der Waals surface area contributed by atoms with E-state index in [1.807, 2.05) is 19.1 Å². The lowest BCUT2D eigenvalue weighted by molar-refractivity contribution is -0.123. The predicted octanol–water partition coefficient (Wildman–Crippen LogP) is 4.60. The molecular weight excluding hydrogens is 375 g/mol. The average molecular weight is 395 g/mol. The van der Waals surface area contributed by atoms with E-state index >= 15 is 0 Å². The van der Waals surface area contributed by atoms with Crippen molar-refractivity contribution in [1.29, 1.82) is 0 Å². The molecule has 0 spiro atoms. The molecular formula is C19H20Cl2N2O3. The number of carbonyl (C=O) groups is 2. The van der Waals surface area contributed by atoms with Crippen LogP contribution in [0.15, 0.2) is 42.5 Å². The molecule has 2 N–H and O–H groups in total. The first-order valence-corrected chi connectivity index (χ1v) is 8.91. The normalized spacial score (nSPS) is 11.5. The topological polar surface area (TPSA) is 67.4 Å². The van der Waals surface area contributed by atoms with Crippen LogP contribution < -0.4 is 15.4 Å². The van der Waals surface area contributed by atoms with Crippen molar-refractivity contribution in [2.24, 2.45) is 0 Å². The number of nitrogens with one attached hydrogen (secondary N) is 2. The van der Waals surface area contributed by atoms with Crippen molar-refractivity contribution in [2.75, 3.05) is 11.9 Å². The van der Waals surface area contributed by atoms with Gasteiger partial charge in [0.1, 0.15) is 5.75 Å². The molecule has 1 unspecified atom stereocenters. The molecule has 0 bridgehead atoms. The number of amides is 2. The molecule has 0 aliphatic carbocycles. The minimum Gasteiger partial charge on any atom is -0.482 e. The highest BCUT2D eigenvalue weighted by Gasteiger charge is 2.11. The van der Waals surface area contributed by atoms with E-state index in [4.69, 9.17) is 27.9 Å². The second-order valence-corrected chi connectivity index (χ2v) is 6.52. The zero-order valence-electron chi connectivity index (χ0n) is 14.5. The van der Waals surface area contributed by atoms with Gasteiger partial charge < -0.3 is 15.4 Å². The number of carbonyl (C=O) groups excluding carboxylic acids is 2. The number of ether oxygens (including phenoxy) is 1. The monoisotopic (exact) mass is 394 g/mol. The molecule has 5 nitrogen and oxygen atoms in total. The molecule has 0 saturated heterocycles. The van der Waals surface area contributed by atoms with Crippen LogP contribution in [0.4, 0.5) is 5.69 Å². The summed E-state index contributed by atoms with van der Waals surface area (Å²) < 4.78 is 5.42. The van der Waals surface area contributed by atoms with Crippen LogP contribution >= 0.6 is 23.2 Å². The van der Waals surface area contributed by atoms with Crippen LogP contribution in [-0.4, -0.2) is 18.4 Å². The minimum atomic E-state index is -0.271. The number of hydrogen-bond donors (Lipinski definition) is 2. The van der Waals surface area contributed by atoms with E-state index in [1.165, 1.54) is 0 Å². The Bertz CT molecular complexity index is 779. The van der Waals surface area contributed by atoms with Gasteiger partial charge in [0.05, 0.1) is 11.1 Å². The first-order chi connectivity index (χ1) is 12.4. The van der Waals surface area contributed by atoms with Gasteiger partial charge in [-0.15, -0.1) is 0 Å². The summed E-state index contributed by atoms with van der Waals surface area (Å²) in [6, 6.07) is 11.9. The van der Waals surface area contributed by atoms with Crippen LogP contribution in [0.5, 0.6) is 5.75 Å². The molecule has 138 valence electrons. The van der Waals surface area contributed by atoms with E-state index in [9.17, 15) is 9.59 Å². The Morgan fingerprint density at radius 2 is 1.77 bits per heavy atom. The smallest absolute Gasteiger partial charge is 0.258 e. The molecule has 2 rings (SSSR count). The van der Waals surface area contributed by atoms with Crippen molar-refractivity contribution in [3.8, 4) is 5.75 Å². The maximum atomic E-state index is 12.1. The molecule has 2 amide bonds. The van der Waals surface area contributed by atoms with Crippen LogP contribution in [0.25, 0.3) is 0 Å². The molecule has 0 aliphatic rings. The fourth-order valence-electron chi connectivity index (χ4n) is 2.21. The Kier molecular flexibility index (Phi) is 7.30. The van der Waals surface area contributed by atoms with E-state index in [2.05, 4.69) is 10.6 Å². The van der Waals surface area contributed by atoms with Crippen LogP contribution in [0.2, 0.25) is 10.0 Å². The Morgan fingerprint density at radius 1 is 1.08 bits per heavy atom. The fourth-order valence-corrected chi connectivity index (χ4v) is 2.67. The summed E-state index contributed by atoms with van der Waals surface area (Å²) >= 11 is 11.8. The van der Waals surface area contributed by atoms with Crippen molar-refractivity contribution in [1.82, 2.24) is 5.32 Å². The van der Waals surface area contributed by atoms with Gasteiger partial charge in [0, 0.05) is 17.1 Å². The quantitative estimate of drug-likeness (QED) is 0.720. The summed E-state index contributed by atoms with van der Waals surface area (Å²) in [5, 5.41) is 6.48.